The van der Waals surface area contributed by atoms with Crippen molar-refractivity contribution in [3.05, 3.63) is 17.2 Å². The van der Waals surface area contributed by atoms with E-state index in [1.54, 1.807) is 12.1 Å². The minimum absolute atomic E-state index is 0.133. The third-order valence-electron chi connectivity index (χ3n) is 2.74. The minimum Gasteiger partial charge on any atom is -0.495 e. The number of nitrogens with one attached hydrogen (secondary N) is 1. The Bertz CT molecular complexity index is 484. The number of hydrogen-bond donors (Lipinski definition) is 2. The number of carbonyl (C=O) groups excluding carboxylic acids is 1. The molecular weight excluding hydrogens is 280 g/mol. The van der Waals surface area contributed by atoms with Crippen LogP contribution in [0.1, 0.15) is 26.7 Å². The summed E-state index contributed by atoms with van der Waals surface area (Å²) in [5.41, 5.74) is 6.00. The molecule has 3 N–H and O–H groups in total. The Morgan fingerprint density at radius 1 is 1.30 bits per heavy atom. The van der Waals surface area contributed by atoms with E-state index in [-0.39, 0.29) is 11.4 Å². The SMILES string of the molecule is COc1cc(NC(=O)CCC(C)(C)N)c(OC)cc1Cl. The van der Waals surface area contributed by atoms with E-state index in [9.17, 15) is 4.79 Å². The average Bonchev–Trinajstić information content (AvgIpc) is 2.37. The molecule has 0 heterocycles. The third-order valence-corrected chi connectivity index (χ3v) is 3.04. The van der Waals surface area contributed by atoms with Gasteiger partial charge in [-0.15, -0.1) is 0 Å². The van der Waals surface area contributed by atoms with E-state index in [0.29, 0.717) is 35.1 Å². The largest absolute Gasteiger partial charge is 0.495 e. The quantitative estimate of drug-likeness (QED) is 0.847. The van der Waals surface area contributed by atoms with Crippen molar-refractivity contribution in [2.24, 2.45) is 5.73 Å². The van der Waals surface area contributed by atoms with Crippen molar-refractivity contribution in [3.63, 3.8) is 0 Å². The molecule has 0 aliphatic rings. The number of rotatable bonds is 6. The predicted molar refractivity (Wildman–Crippen MR) is 80.7 cm³/mol. The maximum absolute atomic E-state index is 11.9. The predicted octanol–water partition coefficient (Wildman–Crippen LogP) is 2.81. The summed E-state index contributed by atoms with van der Waals surface area (Å²) in [7, 11) is 3.02. The highest BCUT2D eigenvalue weighted by molar-refractivity contribution is 6.32. The van der Waals surface area contributed by atoms with Gasteiger partial charge in [0.25, 0.3) is 0 Å². The number of carbonyl (C=O) groups is 1. The molecule has 20 heavy (non-hydrogen) atoms. The van der Waals surface area contributed by atoms with Crippen molar-refractivity contribution < 1.29 is 14.3 Å². The number of amides is 1. The van der Waals surface area contributed by atoms with Crippen LogP contribution in [0.2, 0.25) is 5.02 Å². The first-order chi connectivity index (χ1) is 9.26. The lowest BCUT2D eigenvalue weighted by Gasteiger charge is -2.18. The molecule has 0 bridgehead atoms. The molecule has 0 unspecified atom stereocenters. The van der Waals surface area contributed by atoms with Crippen LogP contribution in [-0.4, -0.2) is 25.7 Å². The Balaban J connectivity index is 2.83. The molecule has 0 saturated heterocycles. The molecule has 0 spiro atoms. The van der Waals surface area contributed by atoms with Crippen molar-refractivity contribution in [1.29, 1.82) is 0 Å². The Hall–Kier alpha value is -1.46. The smallest absolute Gasteiger partial charge is 0.224 e. The molecule has 1 aromatic carbocycles. The monoisotopic (exact) mass is 300 g/mol. The van der Waals surface area contributed by atoms with Crippen LogP contribution in [0.15, 0.2) is 12.1 Å². The molecule has 1 amide bonds. The van der Waals surface area contributed by atoms with Crippen LogP contribution in [0.4, 0.5) is 5.69 Å². The summed E-state index contributed by atoms with van der Waals surface area (Å²) in [5.74, 6) is 0.823. The highest BCUT2D eigenvalue weighted by Crippen LogP contribution is 2.35. The second-order valence-electron chi connectivity index (χ2n) is 5.22. The molecule has 0 saturated carbocycles. The maximum atomic E-state index is 11.9. The minimum atomic E-state index is -0.376. The van der Waals surface area contributed by atoms with E-state index in [0.717, 1.165) is 0 Å². The number of anilines is 1. The lowest BCUT2D eigenvalue weighted by molar-refractivity contribution is -0.116. The van der Waals surface area contributed by atoms with Gasteiger partial charge in [0.05, 0.1) is 24.9 Å². The van der Waals surface area contributed by atoms with Gasteiger partial charge in [-0.2, -0.15) is 0 Å². The van der Waals surface area contributed by atoms with Gasteiger partial charge in [0, 0.05) is 24.1 Å². The summed E-state index contributed by atoms with van der Waals surface area (Å²) < 4.78 is 10.3. The van der Waals surface area contributed by atoms with E-state index in [4.69, 9.17) is 26.8 Å². The van der Waals surface area contributed by atoms with Crippen LogP contribution in [0.25, 0.3) is 0 Å². The van der Waals surface area contributed by atoms with Crippen molar-refractivity contribution in [1.82, 2.24) is 0 Å². The zero-order valence-corrected chi connectivity index (χ0v) is 13.0. The number of benzene rings is 1. The Kier molecular flexibility index (Phi) is 5.65. The summed E-state index contributed by atoms with van der Waals surface area (Å²) in [6, 6.07) is 3.23. The van der Waals surface area contributed by atoms with Crippen LogP contribution in [0, 0.1) is 0 Å². The summed E-state index contributed by atoms with van der Waals surface area (Å²) in [5, 5.41) is 3.20. The van der Waals surface area contributed by atoms with Gasteiger partial charge in [-0.3, -0.25) is 4.79 Å². The van der Waals surface area contributed by atoms with E-state index in [1.807, 2.05) is 13.8 Å². The maximum Gasteiger partial charge on any atom is 0.224 e. The molecule has 0 aliphatic carbocycles. The van der Waals surface area contributed by atoms with E-state index in [1.165, 1.54) is 14.2 Å². The molecule has 112 valence electrons. The molecule has 0 atom stereocenters. The summed E-state index contributed by atoms with van der Waals surface area (Å²) in [4.78, 5) is 11.9. The van der Waals surface area contributed by atoms with E-state index >= 15 is 0 Å². The number of methoxy groups -OCH3 is 2. The Morgan fingerprint density at radius 3 is 2.40 bits per heavy atom. The number of hydrogen-bond acceptors (Lipinski definition) is 4. The molecule has 0 aliphatic heterocycles. The molecule has 0 aromatic heterocycles. The number of halogens is 1. The normalized spacial score (nSPS) is 11.1. The van der Waals surface area contributed by atoms with Crippen LogP contribution in [0.3, 0.4) is 0 Å². The van der Waals surface area contributed by atoms with Crippen molar-refractivity contribution in [3.8, 4) is 11.5 Å². The van der Waals surface area contributed by atoms with Gasteiger partial charge in [0.1, 0.15) is 11.5 Å². The van der Waals surface area contributed by atoms with Crippen molar-refractivity contribution >= 4 is 23.2 Å². The highest BCUT2D eigenvalue weighted by atomic mass is 35.5. The fourth-order valence-electron chi connectivity index (χ4n) is 1.61. The average molecular weight is 301 g/mol. The highest BCUT2D eigenvalue weighted by Gasteiger charge is 2.16. The molecule has 6 heteroatoms. The van der Waals surface area contributed by atoms with Crippen LogP contribution in [0.5, 0.6) is 11.5 Å². The van der Waals surface area contributed by atoms with Crippen LogP contribution >= 0.6 is 11.6 Å². The van der Waals surface area contributed by atoms with Gasteiger partial charge < -0.3 is 20.5 Å². The van der Waals surface area contributed by atoms with E-state index in [2.05, 4.69) is 5.32 Å². The van der Waals surface area contributed by atoms with Gasteiger partial charge >= 0.3 is 0 Å². The van der Waals surface area contributed by atoms with Crippen LogP contribution < -0.4 is 20.5 Å². The first-order valence-corrected chi connectivity index (χ1v) is 6.65. The second-order valence-corrected chi connectivity index (χ2v) is 5.63. The van der Waals surface area contributed by atoms with Crippen molar-refractivity contribution in [2.75, 3.05) is 19.5 Å². The summed E-state index contributed by atoms with van der Waals surface area (Å²) >= 11 is 6.00. The lowest BCUT2D eigenvalue weighted by atomic mass is 10.00. The third kappa shape index (κ3) is 4.90. The van der Waals surface area contributed by atoms with Crippen molar-refractivity contribution in [2.45, 2.75) is 32.2 Å². The number of nitrogens with two attached hydrogens (primary N) is 1. The van der Waals surface area contributed by atoms with Gasteiger partial charge in [-0.05, 0) is 20.3 Å². The molecular formula is C14H21ClN2O3. The molecule has 1 rings (SSSR count). The van der Waals surface area contributed by atoms with E-state index < -0.39 is 0 Å². The Labute approximate surface area is 124 Å². The molecule has 0 fully saturated rings. The number of ether oxygens (including phenoxy) is 2. The van der Waals surface area contributed by atoms with Gasteiger partial charge in [0.2, 0.25) is 5.91 Å². The fraction of sp³-hybridized carbons (Fsp3) is 0.500. The zero-order chi connectivity index (χ0) is 15.3. The molecule has 5 nitrogen and oxygen atoms in total. The lowest BCUT2D eigenvalue weighted by Crippen LogP contribution is -2.33. The van der Waals surface area contributed by atoms with Crippen LogP contribution in [-0.2, 0) is 4.79 Å². The standard InChI is InChI=1S/C14H21ClN2O3/c1-14(2,16)6-5-13(18)17-10-8-11(19-3)9(15)7-12(10)20-4/h7-8H,5-6,16H2,1-4H3,(H,17,18). The Morgan fingerprint density at radius 2 is 1.90 bits per heavy atom. The zero-order valence-electron chi connectivity index (χ0n) is 12.2. The fourth-order valence-corrected chi connectivity index (χ4v) is 1.84. The molecule has 1 aromatic rings. The topological polar surface area (TPSA) is 73.6 Å². The summed E-state index contributed by atoms with van der Waals surface area (Å²) in [6.45, 7) is 3.76. The second kappa shape index (κ2) is 6.81. The van der Waals surface area contributed by atoms with Gasteiger partial charge in [0.15, 0.2) is 0 Å². The van der Waals surface area contributed by atoms with Gasteiger partial charge in [-0.1, -0.05) is 11.6 Å². The summed E-state index contributed by atoms with van der Waals surface area (Å²) in [6.07, 6.45) is 0.920. The van der Waals surface area contributed by atoms with Gasteiger partial charge in [-0.25, -0.2) is 0 Å². The molecule has 0 radical (unpaired) electrons. The first-order valence-electron chi connectivity index (χ1n) is 6.27. The first kappa shape index (κ1) is 16.6.